The Labute approximate surface area is 140 Å². The van der Waals surface area contributed by atoms with Crippen molar-refractivity contribution >= 4 is 5.95 Å². The van der Waals surface area contributed by atoms with Gasteiger partial charge >= 0.3 is 0 Å². The van der Waals surface area contributed by atoms with E-state index in [9.17, 15) is 0 Å². The van der Waals surface area contributed by atoms with Gasteiger partial charge in [0.25, 0.3) is 0 Å². The maximum atomic E-state index is 5.78. The minimum atomic E-state index is -0.0402. The highest BCUT2D eigenvalue weighted by atomic mass is 16.5. The summed E-state index contributed by atoms with van der Waals surface area (Å²) in [6, 6.07) is 5.61. The van der Waals surface area contributed by atoms with Crippen molar-refractivity contribution in [1.82, 2.24) is 24.7 Å². The number of aromatic nitrogens is 5. The Bertz CT molecular complexity index is 802. The number of pyridine rings is 1. The summed E-state index contributed by atoms with van der Waals surface area (Å²) >= 11 is 0. The molecule has 0 aliphatic heterocycles. The van der Waals surface area contributed by atoms with Gasteiger partial charge in [-0.15, -0.1) is 0 Å². The van der Waals surface area contributed by atoms with E-state index in [1.165, 1.54) is 0 Å². The first kappa shape index (κ1) is 15.9. The van der Waals surface area contributed by atoms with E-state index in [1.54, 1.807) is 23.3 Å². The summed E-state index contributed by atoms with van der Waals surface area (Å²) in [6.07, 6.45) is 7.06. The predicted octanol–water partition coefficient (Wildman–Crippen LogP) is 2.46. The molecule has 3 aromatic heterocycles. The van der Waals surface area contributed by atoms with Crippen LogP contribution in [0.3, 0.4) is 0 Å². The van der Waals surface area contributed by atoms with Crippen molar-refractivity contribution in [3.63, 3.8) is 0 Å². The van der Waals surface area contributed by atoms with Crippen molar-refractivity contribution in [2.45, 2.75) is 20.0 Å². The maximum Gasteiger partial charge on any atom is 0.223 e. The molecule has 0 unspecified atom stereocenters. The molecule has 0 bridgehead atoms. The third-order valence-electron chi connectivity index (χ3n) is 3.46. The Balaban J connectivity index is 1.63. The summed E-state index contributed by atoms with van der Waals surface area (Å²) in [7, 11) is 1.90. The van der Waals surface area contributed by atoms with E-state index < -0.39 is 0 Å². The van der Waals surface area contributed by atoms with Crippen molar-refractivity contribution in [3.05, 3.63) is 48.7 Å². The predicted molar refractivity (Wildman–Crippen MR) is 91.8 cm³/mol. The van der Waals surface area contributed by atoms with Crippen LogP contribution >= 0.6 is 0 Å². The second kappa shape index (κ2) is 7.08. The maximum absolute atomic E-state index is 5.78. The average molecular weight is 324 g/mol. The first-order valence-corrected chi connectivity index (χ1v) is 7.76. The van der Waals surface area contributed by atoms with Crippen LogP contribution in [0.15, 0.2) is 43.0 Å². The number of ether oxygens (including phenoxy) is 1. The van der Waals surface area contributed by atoms with Gasteiger partial charge in [-0.05, 0) is 32.0 Å². The molecular weight excluding hydrogens is 304 g/mol. The largest absolute Gasteiger partial charge is 0.487 e. The lowest BCUT2D eigenvalue weighted by Crippen LogP contribution is -2.23. The topological polar surface area (TPSA) is 77.8 Å². The molecule has 7 nitrogen and oxygen atoms in total. The highest BCUT2D eigenvalue weighted by molar-refractivity contribution is 5.61. The molecule has 124 valence electrons. The van der Waals surface area contributed by atoms with Crippen LogP contribution in [0.1, 0.15) is 12.6 Å². The van der Waals surface area contributed by atoms with Gasteiger partial charge in [-0.1, -0.05) is 0 Å². The van der Waals surface area contributed by atoms with Crippen LogP contribution in [0.5, 0.6) is 5.75 Å². The van der Waals surface area contributed by atoms with Gasteiger partial charge in [0.15, 0.2) is 0 Å². The van der Waals surface area contributed by atoms with E-state index in [0.29, 0.717) is 12.5 Å². The second-order valence-corrected chi connectivity index (χ2v) is 5.57. The molecule has 1 N–H and O–H groups in total. The van der Waals surface area contributed by atoms with Gasteiger partial charge in [0.05, 0.1) is 24.1 Å². The Morgan fingerprint density at radius 3 is 2.88 bits per heavy atom. The highest BCUT2D eigenvalue weighted by Gasteiger charge is 2.10. The summed E-state index contributed by atoms with van der Waals surface area (Å²) < 4.78 is 7.56. The Morgan fingerprint density at radius 2 is 2.17 bits per heavy atom. The van der Waals surface area contributed by atoms with Crippen molar-refractivity contribution in [2.75, 3.05) is 11.9 Å². The fraction of sp³-hybridized carbons (Fsp3) is 0.294. The molecule has 3 rings (SSSR count). The van der Waals surface area contributed by atoms with Crippen LogP contribution in [0.4, 0.5) is 5.95 Å². The minimum Gasteiger partial charge on any atom is -0.487 e. The van der Waals surface area contributed by atoms with Gasteiger partial charge in [-0.2, -0.15) is 5.10 Å². The summed E-state index contributed by atoms with van der Waals surface area (Å²) in [5, 5.41) is 7.55. The molecule has 0 saturated heterocycles. The third-order valence-corrected chi connectivity index (χ3v) is 3.46. The van der Waals surface area contributed by atoms with Crippen molar-refractivity contribution in [1.29, 1.82) is 0 Å². The van der Waals surface area contributed by atoms with Crippen molar-refractivity contribution in [3.8, 4) is 17.0 Å². The molecule has 0 aliphatic rings. The molecular formula is C17H20N6O. The van der Waals surface area contributed by atoms with E-state index in [1.807, 2.05) is 45.3 Å². The zero-order valence-corrected chi connectivity index (χ0v) is 14.0. The summed E-state index contributed by atoms with van der Waals surface area (Å²) in [5.74, 6) is 1.31. The molecule has 0 amide bonds. The quantitative estimate of drug-likeness (QED) is 0.750. The van der Waals surface area contributed by atoms with Crippen LogP contribution in [0.2, 0.25) is 0 Å². The SMILES string of the molecule is Cc1nn(C)cc1-c1ccnc(NC[C@H](C)Oc2cccnc2)n1. The van der Waals surface area contributed by atoms with Crippen molar-refractivity contribution < 1.29 is 4.74 Å². The normalized spacial score (nSPS) is 12.0. The average Bonchev–Trinajstić information content (AvgIpc) is 2.93. The molecule has 3 heterocycles. The molecule has 0 fully saturated rings. The first-order valence-electron chi connectivity index (χ1n) is 7.76. The molecule has 0 radical (unpaired) electrons. The zero-order chi connectivity index (χ0) is 16.9. The lowest BCUT2D eigenvalue weighted by molar-refractivity contribution is 0.233. The zero-order valence-electron chi connectivity index (χ0n) is 14.0. The van der Waals surface area contributed by atoms with Gasteiger partial charge < -0.3 is 10.1 Å². The summed E-state index contributed by atoms with van der Waals surface area (Å²) in [5.41, 5.74) is 2.79. The van der Waals surface area contributed by atoms with Gasteiger partial charge in [0.2, 0.25) is 5.95 Å². The standard InChI is InChI=1S/C17H20N6O/c1-12(24-14-5-4-7-18-10-14)9-20-17-19-8-6-16(21-17)15-11-23(3)22-13(15)2/h4-8,10-12H,9H2,1-3H3,(H,19,20,21)/t12-/m0/s1. The molecule has 1 atom stereocenters. The Morgan fingerprint density at radius 1 is 1.29 bits per heavy atom. The summed E-state index contributed by atoms with van der Waals surface area (Å²) in [6.45, 7) is 4.54. The molecule has 0 aromatic carbocycles. The number of hydrogen-bond acceptors (Lipinski definition) is 6. The number of nitrogens with one attached hydrogen (secondary N) is 1. The Hall–Kier alpha value is -2.96. The lowest BCUT2D eigenvalue weighted by atomic mass is 10.2. The van der Waals surface area contributed by atoms with E-state index in [0.717, 1.165) is 22.7 Å². The number of anilines is 1. The molecule has 24 heavy (non-hydrogen) atoms. The van der Waals surface area contributed by atoms with Gasteiger partial charge in [-0.25, -0.2) is 9.97 Å². The fourth-order valence-corrected chi connectivity index (χ4v) is 2.37. The van der Waals surface area contributed by atoms with E-state index in [4.69, 9.17) is 4.74 Å². The third kappa shape index (κ3) is 3.87. The number of nitrogens with zero attached hydrogens (tertiary/aromatic N) is 5. The summed E-state index contributed by atoms with van der Waals surface area (Å²) in [4.78, 5) is 12.8. The van der Waals surface area contributed by atoms with Gasteiger partial charge in [-0.3, -0.25) is 9.67 Å². The first-order chi connectivity index (χ1) is 11.6. The fourth-order valence-electron chi connectivity index (χ4n) is 2.37. The second-order valence-electron chi connectivity index (χ2n) is 5.57. The lowest BCUT2D eigenvalue weighted by Gasteiger charge is -2.15. The highest BCUT2D eigenvalue weighted by Crippen LogP contribution is 2.20. The van der Waals surface area contributed by atoms with Gasteiger partial charge in [0, 0.05) is 31.2 Å². The molecule has 7 heteroatoms. The van der Waals surface area contributed by atoms with Crippen molar-refractivity contribution in [2.24, 2.45) is 7.05 Å². The van der Waals surface area contributed by atoms with E-state index in [-0.39, 0.29) is 6.10 Å². The van der Waals surface area contributed by atoms with Crippen LogP contribution in [-0.2, 0) is 7.05 Å². The molecule has 0 spiro atoms. The van der Waals surface area contributed by atoms with Crippen LogP contribution in [-0.4, -0.2) is 37.4 Å². The van der Waals surface area contributed by atoms with E-state index in [2.05, 4.69) is 25.4 Å². The Kier molecular flexibility index (Phi) is 4.69. The number of aryl methyl sites for hydroxylation is 2. The monoisotopic (exact) mass is 324 g/mol. The minimum absolute atomic E-state index is 0.0402. The van der Waals surface area contributed by atoms with E-state index >= 15 is 0 Å². The molecule has 0 saturated carbocycles. The smallest absolute Gasteiger partial charge is 0.223 e. The number of rotatable bonds is 6. The van der Waals surface area contributed by atoms with Crippen LogP contribution in [0, 0.1) is 6.92 Å². The molecule has 3 aromatic rings. The van der Waals surface area contributed by atoms with Crippen LogP contribution in [0.25, 0.3) is 11.3 Å². The molecule has 0 aliphatic carbocycles. The van der Waals surface area contributed by atoms with Gasteiger partial charge in [0.1, 0.15) is 11.9 Å². The van der Waals surface area contributed by atoms with Crippen LogP contribution < -0.4 is 10.1 Å². The number of hydrogen-bond donors (Lipinski definition) is 1.